The molecule has 2 aliphatic heterocycles. The van der Waals surface area contributed by atoms with E-state index in [1.165, 1.54) is 0 Å². The number of tetrazole rings is 1. The minimum Gasteiger partial charge on any atom is -0.441 e. The summed E-state index contributed by atoms with van der Waals surface area (Å²) in [4.78, 5) is 26.3. The summed E-state index contributed by atoms with van der Waals surface area (Å²) in [5.74, 6) is 1.35. The molecule has 1 unspecified atom stereocenters. The van der Waals surface area contributed by atoms with Crippen molar-refractivity contribution in [3.05, 3.63) is 77.2 Å². The Labute approximate surface area is 216 Å². The number of oxazole rings is 1. The van der Waals surface area contributed by atoms with Gasteiger partial charge in [-0.1, -0.05) is 35.1 Å². The van der Waals surface area contributed by atoms with Gasteiger partial charge in [-0.05, 0) is 22.9 Å². The Balaban J connectivity index is 1.17. The summed E-state index contributed by atoms with van der Waals surface area (Å²) in [6.45, 7) is 0.481. The van der Waals surface area contributed by atoms with Crippen molar-refractivity contribution in [2.24, 2.45) is 0 Å². The zero-order valence-electron chi connectivity index (χ0n) is 20.4. The van der Waals surface area contributed by atoms with Gasteiger partial charge in [-0.25, -0.2) is 4.98 Å². The second-order valence-corrected chi connectivity index (χ2v) is 9.13. The number of amides is 1. The van der Waals surface area contributed by atoms with Crippen molar-refractivity contribution in [2.45, 2.75) is 25.6 Å². The van der Waals surface area contributed by atoms with Gasteiger partial charge in [0, 0.05) is 57.4 Å². The Kier molecular flexibility index (Phi) is 6.60. The number of benzene rings is 1. The van der Waals surface area contributed by atoms with Crippen molar-refractivity contribution in [3.63, 3.8) is 0 Å². The number of carbonyl (C=O) groups excluding carboxylic acids is 1. The third-order valence-corrected chi connectivity index (χ3v) is 6.77. The average molecular weight is 522 g/mol. The van der Waals surface area contributed by atoms with Crippen LogP contribution in [0.2, 0.25) is 0 Å². The van der Waals surface area contributed by atoms with Crippen molar-refractivity contribution in [1.82, 2.24) is 45.3 Å². The second-order valence-electron chi connectivity index (χ2n) is 9.13. The average Bonchev–Trinajstić information content (AvgIpc) is 3.62. The maximum atomic E-state index is 13.3. The lowest BCUT2D eigenvalue weighted by Crippen LogP contribution is -2.50. The first-order valence-electron chi connectivity index (χ1n) is 12.4. The molecule has 1 fully saturated rings. The summed E-state index contributed by atoms with van der Waals surface area (Å²) in [7, 11) is 0. The first-order chi connectivity index (χ1) is 18.6. The fourth-order valence-corrected chi connectivity index (χ4v) is 4.86. The highest BCUT2D eigenvalue weighted by molar-refractivity contribution is 5.93. The molecule has 1 aromatic carbocycles. The number of aromatic nitrogens is 6. The van der Waals surface area contributed by atoms with Crippen LogP contribution in [0.25, 0.3) is 11.5 Å². The number of pyridine rings is 1. The molecule has 1 amide bonds. The lowest BCUT2D eigenvalue weighted by atomic mass is 10.0. The molecule has 6 rings (SSSR count). The number of fused-ring (bicyclic) bond motifs is 1. The SMILES string of the molecule is O=C(c1cc(-c2nc3c(o2)CCNC3)ccn1)N1CCN(C(c2ccccc2)c2nnn(C(F)F)n2)CC1. The monoisotopic (exact) mass is 521 g/mol. The Bertz CT molecular complexity index is 1390. The number of nitrogens with one attached hydrogen (secondary N) is 1. The summed E-state index contributed by atoms with van der Waals surface area (Å²) in [6.07, 6.45) is 2.37. The van der Waals surface area contributed by atoms with Gasteiger partial charge < -0.3 is 14.6 Å². The van der Waals surface area contributed by atoms with E-state index in [1.54, 1.807) is 23.2 Å². The van der Waals surface area contributed by atoms with Crippen LogP contribution in [0.3, 0.4) is 0 Å². The number of halogens is 2. The van der Waals surface area contributed by atoms with Crippen LogP contribution >= 0.6 is 0 Å². The van der Waals surface area contributed by atoms with Gasteiger partial charge in [0.25, 0.3) is 5.91 Å². The Morgan fingerprint density at radius 2 is 1.89 bits per heavy atom. The molecule has 4 aromatic rings. The van der Waals surface area contributed by atoms with Gasteiger partial charge in [-0.3, -0.25) is 14.7 Å². The van der Waals surface area contributed by atoms with Gasteiger partial charge in [0.15, 0.2) is 5.82 Å². The molecule has 0 aliphatic carbocycles. The van der Waals surface area contributed by atoms with E-state index >= 15 is 0 Å². The molecule has 2 aliphatic rings. The third kappa shape index (κ3) is 4.77. The molecule has 0 bridgehead atoms. The molecule has 38 heavy (non-hydrogen) atoms. The molecule has 0 spiro atoms. The highest BCUT2D eigenvalue weighted by Gasteiger charge is 2.32. The Morgan fingerprint density at radius 3 is 2.63 bits per heavy atom. The number of rotatable bonds is 6. The Morgan fingerprint density at radius 1 is 1.08 bits per heavy atom. The van der Waals surface area contributed by atoms with Crippen LogP contribution in [0, 0.1) is 0 Å². The third-order valence-electron chi connectivity index (χ3n) is 6.77. The number of hydrogen-bond donors (Lipinski definition) is 1. The van der Waals surface area contributed by atoms with Crippen molar-refractivity contribution in [1.29, 1.82) is 0 Å². The number of carbonyl (C=O) groups is 1. The van der Waals surface area contributed by atoms with E-state index in [0.29, 0.717) is 54.7 Å². The molecule has 13 heteroatoms. The normalized spacial score (nSPS) is 17.0. The quantitative estimate of drug-likeness (QED) is 0.408. The van der Waals surface area contributed by atoms with Gasteiger partial charge in [-0.15, -0.1) is 10.2 Å². The fraction of sp³-hybridized carbons (Fsp3) is 0.360. The number of nitrogens with zero attached hydrogens (tertiary/aromatic N) is 8. The number of alkyl halides is 2. The largest absolute Gasteiger partial charge is 0.441 e. The van der Waals surface area contributed by atoms with Gasteiger partial charge in [0.2, 0.25) is 5.89 Å². The van der Waals surface area contributed by atoms with E-state index in [9.17, 15) is 13.6 Å². The second kappa shape index (κ2) is 10.3. The molecular formula is C25H25F2N9O2. The molecular weight excluding hydrogens is 496 g/mol. The molecule has 0 radical (unpaired) electrons. The predicted molar refractivity (Wildman–Crippen MR) is 130 cm³/mol. The van der Waals surface area contributed by atoms with E-state index in [2.05, 4.69) is 35.6 Å². The minimum absolute atomic E-state index is 0.189. The van der Waals surface area contributed by atoms with Crippen LogP contribution in [0.5, 0.6) is 0 Å². The van der Waals surface area contributed by atoms with E-state index in [-0.39, 0.29) is 11.7 Å². The maximum absolute atomic E-state index is 13.3. The summed E-state index contributed by atoms with van der Waals surface area (Å²) in [5, 5.41) is 14.6. The summed E-state index contributed by atoms with van der Waals surface area (Å²) in [6, 6.07) is 12.5. The minimum atomic E-state index is -2.87. The molecule has 1 saturated heterocycles. The molecule has 1 N–H and O–H groups in total. The highest BCUT2D eigenvalue weighted by Crippen LogP contribution is 2.28. The molecule has 3 aromatic heterocycles. The smallest absolute Gasteiger partial charge is 0.350 e. The van der Waals surface area contributed by atoms with Gasteiger partial charge in [0.05, 0.1) is 11.7 Å². The maximum Gasteiger partial charge on any atom is 0.350 e. The van der Waals surface area contributed by atoms with Crippen molar-refractivity contribution in [2.75, 3.05) is 32.7 Å². The van der Waals surface area contributed by atoms with Crippen LogP contribution in [0.1, 0.15) is 45.9 Å². The summed E-state index contributed by atoms with van der Waals surface area (Å²) < 4.78 is 32.2. The summed E-state index contributed by atoms with van der Waals surface area (Å²) >= 11 is 0. The predicted octanol–water partition coefficient (Wildman–Crippen LogP) is 2.31. The van der Waals surface area contributed by atoms with Crippen LogP contribution < -0.4 is 5.32 Å². The first-order valence-corrected chi connectivity index (χ1v) is 12.4. The zero-order chi connectivity index (χ0) is 26.1. The van der Waals surface area contributed by atoms with Gasteiger partial charge in [0.1, 0.15) is 11.5 Å². The lowest BCUT2D eigenvalue weighted by molar-refractivity contribution is 0.0385. The van der Waals surface area contributed by atoms with Gasteiger partial charge >= 0.3 is 6.55 Å². The lowest BCUT2D eigenvalue weighted by Gasteiger charge is -2.38. The van der Waals surface area contributed by atoms with E-state index in [4.69, 9.17) is 4.42 Å². The fourth-order valence-electron chi connectivity index (χ4n) is 4.86. The van der Waals surface area contributed by atoms with Crippen molar-refractivity contribution >= 4 is 5.91 Å². The number of piperazine rings is 1. The molecule has 196 valence electrons. The van der Waals surface area contributed by atoms with Crippen LogP contribution in [0.15, 0.2) is 53.1 Å². The zero-order valence-corrected chi connectivity index (χ0v) is 20.4. The van der Waals surface area contributed by atoms with Crippen LogP contribution in [-0.2, 0) is 13.0 Å². The summed E-state index contributed by atoms with van der Waals surface area (Å²) in [5.41, 5.74) is 2.77. The van der Waals surface area contributed by atoms with Crippen LogP contribution in [-0.4, -0.2) is 78.6 Å². The van der Waals surface area contributed by atoms with Crippen molar-refractivity contribution in [3.8, 4) is 11.5 Å². The molecule has 1 atom stereocenters. The topological polar surface area (TPSA) is 118 Å². The van der Waals surface area contributed by atoms with Gasteiger partial charge in [-0.2, -0.15) is 8.78 Å². The standard InChI is InChI=1S/C25H25F2N9O2/c26-25(27)36-32-22(31-33-36)21(16-4-2-1-3-5-16)34-10-12-35(13-11-34)24(37)18-14-17(6-9-29-18)23-30-19-15-28-8-7-20(19)38-23/h1-6,9,14,21,25,28H,7-8,10-13,15H2. The van der Waals surface area contributed by atoms with Crippen LogP contribution in [0.4, 0.5) is 8.78 Å². The Hall–Kier alpha value is -4.10. The van der Waals surface area contributed by atoms with E-state index < -0.39 is 12.6 Å². The number of hydrogen-bond acceptors (Lipinski definition) is 9. The molecule has 5 heterocycles. The van der Waals surface area contributed by atoms with E-state index in [1.807, 2.05) is 30.3 Å². The highest BCUT2D eigenvalue weighted by atomic mass is 19.3. The molecule has 11 nitrogen and oxygen atoms in total. The van der Waals surface area contributed by atoms with E-state index in [0.717, 1.165) is 30.0 Å². The van der Waals surface area contributed by atoms with Crippen molar-refractivity contribution < 1.29 is 18.0 Å². The molecule has 0 saturated carbocycles. The first kappa shape index (κ1) is 24.2.